The molecule has 2 fully saturated rings. The van der Waals surface area contributed by atoms with E-state index < -0.39 is 0 Å². The molecular formula is C19H26IN5O3. The maximum atomic E-state index is 12.7. The molecule has 8 nitrogen and oxygen atoms in total. The van der Waals surface area contributed by atoms with Crippen molar-refractivity contribution in [3.8, 4) is 0 Å². The van der Waals surface area contributed by atoms with Gasteiger partial charge in [0.15, 0.2) is 5.96 Å². The number of aromatic nitrogens is 1. The van der Waals surface area contributed by atoms with Crippen molar-refractivity contribution in [2.75, 3.05) is 20.1 Å². The van der Waals surface area contributed by atoms with Crippen LogP contribution in [0.1, 0.15) is 23.4 Å². The number of carbonyl (C=O) groups excluding carboxylic acids is 2. The van der Waals surface area contributed by atoms with E-state index in [0.717, 1.165) is 23.4 Å². The summed E-state index contributed by atoms with van der Waals surface area (Å²) >= 11 is 0. The fraction of sp³-hybridized carbons (Fsp3) is 0.579. The molecule has 0 aromatic carbocycles. The highest BCUT2D eigenvalue weighted by molar-refractivity contribution is 14.0. The predicted molar refractivity (Wildman–Crippen MR) is 114 cm³/mol. The molecule has 152 valence electrons. The van der Waals surface area contributed by atoms with Gasteiger partial charge in [-0.3, -0.25) is 19.5 Å². The molecule has 1 saturated heterocycles. The topological polar surface area (TPSA) is 99.8 Å². The predicted octanol–water partition coefficient (Wildman–Crippen LogP) is 1.38. The van der Waals surface area contributed by atoms with Crippen LogP contribution in [-0.2, 0) is 16.1 Å². The molecule has 28 heavy (non-hydrogen) atoms. The number of aryl methyl sites for hydroxylation is 2. The molecule has 4 unspecified atom stereocenters. The standard InChI is InChI=1S/C19H25N5O3.HI/c1-10-14(11(2)27-23-10)9-22-19(20-3)21-6-7-24-17(25)15-12-4-5-13(8-12)16(15)18(24)26;/h4-5,12-13,15-16H,6-9H2,1-3H3,(H2,20,21,22);1H. The Morgan fingerprint density at radius 3 is 2.39 bits per heavy atom. The van der Waals surface area contributed by atoms with Gasteiger partial charge in [0.2, 0.25) is 11.8 Å². The largest absolute Gasteiger partial charge is 0.361 e. The second-order valence-electron chi connectivity index (χ2n) is 7.48. The van der Waals surface area contributed by atoms with E-state index in [9.17, 15) is 9.59 Å². The number of guanidine groups is 1. The Balaban J connectivity index is 0.00000225. The van der Waals surface area contributed by atoms with Crippen molar-refractivity contribution in [3.63, 3.8) is 0 Å². The van der Waals surface area contributed by atoms with E-state index >= 15 is 0 Å². The number of aliphatic imine (C=N–C) groups is 1. The molecule has 4 atom stereocenters. The second-order valence-corrected chi connectivity index (χ2v) is 7.48. The maximum absolute atomic E-state index is 12.7. The zero-order valence-corrected chi connectivity index (χ0v) is 18.6. The second kappa shape index (κ2) is 8.22. The lowest BCUT2D eigenvalue weighted by atomic mass is 9.85. The van der Waals surface area contributed by atoms with Gasteiger partial charge in [0.25, 0.3) is 0 Å². The van der Waals surface area contributed by atoms with E-state index in [0.29, 0.717) is 25.6 Å². The van der Waals surface area contributed by atoms with Gasteiger partial charge in [0.05, 0.1) is 17.5 Å². The van der Waals surface area contributed by atoms with Gasteiger partial charge in [-0.25, -0.2) is 0 Å². The molecular weight excluding hydrogens is 473 g/mol. The highest BCUT2D eigenvalue weighted by Gasteiger charge is 2.58. The molecule has 1 aromatic rings. The van der Waals surface area contributed by atoms with Crippen LogP contribution in [-0.4, -0.2) is 48.0 Å². The van der Waals surface area contributed by atoms with Crippen molar-refractivity contribution in [2.45, 2.75) is 26.8 Å². The number of nitrogens with one attached hydrogen (secondary N) is 2. The molecule has 1 aromatic heterocycles. The highest BCUT2D eigenvalue weighted by Crippen LogP contribution is 2.52. The molecule has 1 saturated carbocycles. The van der Waals surface area contributed by atoms with Crippen molar-refractivity contribution in [1.29, 1.82) is 0 Å². The number of hydrogen-bond donors (Lipinski definition) is 2. The first kappa shape index (κ1) is 20.8. The summed E-state index contributed by atoms with van der Waals surface area (Å²) in [6.07, 6.45) is 5.18. The van der Waals surface area contributed by atoms with Gasteiger partial charge in [0, 0.05) is 32.2 Å². The van der Waals surface area contributed by atoms with Crippen LogP contribution in [0.4, 0.5) is 0 Å². The van der Waals surface area contributed by atoms with Crippen LogP contribution in [0.3, 0.4) is 0 Å². The molecule has 9 heteroatoms. The Bertz CT molecular complexity index is 784. The third-order valence-corrected chi connectivity index (χ3v) is 6.03. The van der Waals surface area contributed by atoms with Crippen LogP contribution in [0, 0.1) is 37.5 Å². The van der Waals surface area contributed by atoms with Crippen molar-refractivity contribution < 1.29 is 14.1 Å². The number of allylic oxidation sites excluding steroid dienone is 2. The van der Waals surface area contributed by atoms with E-state index in [1.165, 1.54) is 4.90 Å². The summed E-state index contributed by atoms with van der Waals surface area (Å²) < 4.78 is 5.16. The molecule has 2 bridgehead atoms. The van der Waals surface area contributed by atoms with Crippen molar-refractivity contribution in [2.24, 2.45) is 28.7 Å². The quantitative estimate of drug-likeness (QED) is 0.209. The summed E-state index contributed by atoms with van der Waals surface area (Å²) in [6, 6.07) is 0. The third kappa shape index (κ3) is 3.44. The number of fused-ring (bicyclic) bond motifs is 5. The van der Waals surface area contributed by atoms with Gasteiger partial charge in [-0.1, -0.05) is 17.3 Å². The third-order valence-electron chi connectivity index (χ3n) is 6.03. The van der Waals surface area contributed by atoms with E-state index in [2.05, 4.69) is 32.9 Å². The number of amides is 2. The Kier molecular flexibility index (Phi) is 6.11. The normalized spacial score (nSPS) is 28.0. The monoisotopic (exact) mass is 499 g/mol. The summed E-state index contributed by atoms with van der Waals surface area (Å²) in [5.74, 6) is 1.59. The molecule has 2 heterocycles. The number of imide groups is 1. The maximum Gasteiger partial charge on any atom is 0.233 e. The van der Waals surface area contributed by atoms with E-state index in [1.807, 2.05) is 13.8 Å². The molecule has 1 aliphatic heterocycles. The molecule has 2 aliphatic carbocycles. The summed E-state index contributed by atoms with van der Waals surface area (Å²) in [6.45, 7) is 5.13. The van der Waals surface area contributed by atoms with Crippen molar-refractivity contribution in [3.05, 3.63) is 29.2 Å². The molecule has 2 amide bonds. The number of halogens is 1. The number of likely N-dealkylation sites (tertiary alicyclic amines) is 1. The minimum Gasteiger partial charge on any atom is -0.361 e. The zero-order chi connectivity index (χ0) is 19.1. The summed E-state index contributed by atoms with van der Waals surface area (Å²) in [4.78, 5) is 30.9. The fourth-order valence-electron chi connectivity index (χ4n) is 4.62. The number of hydrogen-bond acceptors (Lipinski definition) is 5. The first-order valence-electron chi connectivity index (χ1n) is 9.41. The first-order chi connectivity index (χ1) is 13.0. The molecule has 4 rings (SSSR count). The van der Waals surface area contributed by atoms with Gasteiger partial charge in [-0.15, -0.1) is 24.0 Å². The lowest BCUT2D eigenvalue weighted by Gasteiger charge is -2.18. The Labute approximate surface area is 181 Å². The Morgan fingerprint density at radius 1 is 1.21 bits per heavy atom. The molecule has 2 N–H and O–H groups in total. The molecule has 3 aliphatic rings. The fourth-order valence-corrected chi connectivity index (χ4v) is 4.62. The highest BCUT2D eigenvalue weighted by atomic mass is 127. The lowest BCUT2D eigenvalue weighted by Crippen LogP contribution is -2.43. The van der Waals surface area contributed by atoms with Gasteiger partial charge < -0.3 is 15.2 Å². The van der Waals surface area contributed by atoms with Crippen molar-refractivity contribution >= 4 is 41.8 Å². The van der Waals surface area contributed by atoms with E-state index in [-0.39, 0.29) is 59.5 Å². The van der Waals surface area contributed by atoms with Gasteiger partial charge in [0.1, 0.15) is 5.76 Å². The molecule has 0 radical (unpaired) electrons. The van der Waals surface area contributed by atoms with Gasteiger partial charge >= 0.3 is 0 Å². The summed E-state index contributed by atoms with van der Waals surface area (Å²) in [5, 5.41) is 10.3. The van der Waals surface area contributed by atoms with Gasteiger partial charge in [-0.2, -0.15) is 0 Å². The number of nitrogens with zero attached hydrogens (tertiary/aromatic N) is 3. The van der Waals surface area contributed by atoms with Crippen LogP contribution >= 0.6 is 24.0 Å². The average molecular weight is 499 g/mol. The summed E-state index contributed by atoms with van der Waals surface area (Å²) in [7, 11) is 1.68. The smallest absolute Gasteiger partial charge is 0.233 e. The molecule has 0 spiro atoms. The van der Waals surface area contributed by atoms with Crippen LogP contribution in [0.5, 0.6) is 0 Å². The SMILES string of the molecule is CN=C(NCCN1C(=O)C2C3C=CC(C3)C2C1=O)NCc1c(C)noc1C.I. The minimum absolute atomic E-state index is 0. The van der Waals surface area contributed by atoms with Gasteiger partial charge in [-0.05, 0) is 32.1 Å². The van der Waals surface area contributed by atoms with Crippen LogP contribution in [0.2, 0.25) is 0 Å². The summed E-state index contributed by atoms with van der Waals surface area (Å²) in [5.41, 5.74) is 1.84. The Morgan fingerprint density at radius 2 is 1.86 bits per heavy atom. The number of rotatable bonds is 5. The first-order valence-corrected chi connectivity index (χ1v) is 9.41. The van der Waals surface area contributed by atoms with E-state index in [4.69, 9.17) is 4.52 Å². The van der Waals surface area contributed by atoms with Crippen LogP contribution in [0.25, 0.3) is 0 Å². The average Bonchev–Trinajstić information content (AvgIpc) is 3.40. The zero-order valence-electron chi connectivity index (χ0n) is 16.3. The number of carbonyl (C=O) groups is 2. The minimum atomic E-state index is -0.135. The van der Waals surface area contributed by atoms with E-state index in [1.54, 1.807) is 7.05 Å². The Hall–Kier alpha value is -1.91. The lowest BCUT2D eigenvalue weighted by molar-refractivity contribution is -0.140. The van der Waals surface area contributed by atoms with Crippen LogP contribution in [0.15, 0.2) is 21.7 Å². The van der Waals surface area contributed by atoms with Crippen molar-refractivity contribution in [1.82, 2.24) is 20.7 Å². The van der Waals surface area contributed by atoms with Crippen LogP contribution < -0.4 is 10.6 Å².